The van der Waals surface area contributed by atoms with Crippen molar-refractivity contribution in [3.05, 3.63) is 52.6 Å². The number of aryl methyl sites for hydroxylation is 2. The molecule has 0 aliphatic rings. The van der Waals surface area contributed by atoms with E-state index in [0.29, 0.717) is 22.7 Å². The van der Waals surface area contributed by atoms with Gasteiger partial charge < -0.3 is 4.74 Å². The molecule has 0 radical (unpaired) electrons. The molecule has 0 saturated heterocycles. The average Bonchev–Trinajstić information content (AvgIpc) is 2.40. The molecule has 0 spiro atoms. The zero-order valence-electron chi connectivity index (χ0n) is 10.9. The summed E-state index contributed by atoms with van der Waals surface area (Å²) >= 11 is 0. The molecule has 0 amide bonds. The van der Waals surface area contributed by atoms with Gasteiger partial charge in [0.2, 0.25) is 0 Å². The Kier molecular flexibility index (Phi) is 3.55. The summed E-state index contributed by atoms with van der Waals surface area (Å²) in [7, 11) is 1.44. The summed E-state index contributed by atoms with van der Waals surface area (Å²) in [5, 5.41) is 7.77. The molecule has 0 N–H and O–H groups in total. The fourth-order valence-electron chi connectivity index (χ4n) is 1.78. The summed E-state index contributed by atoms with van der Waals surface area (Å²) < 4.78 is 18.4. The number of hydrogen-bond donors (Lipinski definition) is 0. The minimum atomic E-state index is -0.486. The van der Waals surface area contributed by atoms with E-state index in [1.165, 1.54) is 19.2 Å². The van der Waals surface area contributed by atoms with E-state index in [4.69, 9.17) is 4.74 Å². The number of rotatable bonds is 3. The first-order valence-electron chi connectivity index (χ1n) is 5.72. The van der Waals surface area contributed by atoms with Crippen LogP contribution >= 0.6 is 0 Å². The second kappa shape index (κ2) is 5.14. The van der Waals surface area contributed by atoms with Gasteiger partial charge >= 0.3 is 0 Å². The number of aromatic nitrogens is 2. The molecule has 0 fully saturated rings. The summed E-state index contributed by atoms with van der Waals surface area (Å²) in [5.41, 5.74) is 1.71. The summed E-state index contributed by atoms with van der Waals surface area (Å²) in [4.78, 5) is 12.4. The number of nitrogens with zero attached hydrogens (tertiary/aromatic N) is 2. The van der Waals surface area contributed by atoms with Gasteiger partial charge in [-0.3, -0.25) is 4.79 Å². The number of halogens is 1. The molecule has 2 rings (SSSR count). The molecule has 4 nitrogen and oxygen atoms in total. The maximum absolute atomic E-state index is 13.3. The summed E-state index contributed by atoms with van der Waals surface area (Å²) in [6.07, 6.45) is 0. The van der Waals surface area contributed by atoms with Crippen LogP contribution in [0.3, 0.4) is 0 Å². The third-order valence-electron chi connectivity index (χ3n) is 2.75. The monoisotopic (exact) mass is 260 g/mol. The molecule has 2 aromatic rings. The minimum absolute atomic E-state index is 0.179. The van der Waals surface area contributed by atoms with Gasteiger partial charge in [-0.25, -0.2) is 4.39 Å². The number of methoxy groups -OCH3 is 1. The number of ketones is 1. The van der Waals surface area contributed by atoms with Gasteiger partial charge in [0.25, 0.3) is 0 Å². The quantitative estimate of drug-likeness (QED) is 0.795. The van der Waals surface area contributed by atoms with Crippen LogP contribution in [0.5, 0.6) is 5.75 Å². The van der Waals surface area contributed by atoms with Gasteiger partial charge in [0.05, 0.1) is 24.1 Å². The van der Waals surface area contributed by atoms with E-state index in [1.807, 2.05) is 0 Å². The van der Waals surface area contributed by atoms with Crippen LogP contribution in [-0.4, -0.2) is 23.1 Å². The van der Waals surface area contributed by atoms with Crippen molar-refractivity contribution >= 4 is 5.78 Å². The number of benzene rings is 1. The Morgan fingerprint density at radius 2 is 1.89 bits per heavy atom. The summed E-state index contributed by atoms with van der Waals surface area (Å²) in [6.45, 7) is 3.43. The molecule has 0 atom stereocenters. The predicted molar refractivity (Wildman–Crippen MR) is 67.9 cm³/mol. The van der Waals surface area contributed by atoms with Crippen molar-refractivity contribution in [2.75, 3.05) is 7.11 Å². The first-order valence-corrected chi connectivity index (χ1v) is 5.72. The second-order valence-corrected chi connectivity index (χ2v) is 4.16. The van der Waals surface area contributed by atoms with Crippen LogP contribution in [0.25, 0.3) is 0 Å². The minimum Gasteiger partial charge on any atom is -0.496 e. The van der Waals surface area contributed by atoms with Gasteiger partial charge in [0.15, 0.2) is 5.78 Å². The van der Waals surface area contributed by atoms with Gasteiger partial charge in [-0.1, -0.05) is 0 Å². The lowest BCUT2D eigenvalue weighted by Gasteiger charge is -2.09. The van der Waals surface area contributed by atoms with Gasteiger partial charge in [0.1, 0.15) is 11.6 Å². The maximum Gasteiger partial charge on any atom is 0.198 e. The van der Waals surface area contributed by atoms with Crippen molar-refractivity contribution < 1.29 is 13.9 Å². The molecule has 19 heavy (non-hydrogen) atoms. The Morgan fingerprint density at radius 1 is 1.16 bits per heavy atom. The number of hydrogen-bond acceptors (Lipinski definition) is 4. The van der Waals surface area contributed by atoms with E-state index in [1.54, 1.807) is 19.9 Å². The van der Waals surface area contributed by atoms with E-state index in [2.05, 4.69) is 10.2 Å². The topological polar surface area (TPSA) is 52.1 Å². The highest BCUT2D eigenvalue weighted by molar-refractivity contribution is 6.11. The highest BCUT2D eigenvalue weighted by Crippen LogP contribution is 2.23. The van der Waals surface area contributed by atoms with E-state index >= 15 is 0 Å². The molecule has 1 aromatic carbocycles. The van der Waals surface area contributed by atoms with Crippen molar-refractivity contribution in [2.24, 2.45) is 0 Å². The third kappa shape index (κ3) is 2.59. The van der Waals surface area contributed by atoms with E-state index < -0.39 is 5.82 Å². The van der Waals surface area contributed by atoms with Crippen LogP contribution in [-0.2, 0) is 0 Å². The fraction of sp³-hybridized carbons (Fsp3) is 0.214. The molecule has 98 valence electrons. The largest absolute Gasteiger partial charge is 0.496 e. The zero-order valence-corrected chi connectivity index (χ0v) is 10.9. The fourth-order valence-corrected chi connectivity index (χ4v) is 1.78. The average molecular weight is 260 g/mol. The molecule has 0 unspecified atom stereocenters. The van der Waals surface area contributed by atoms with E-state index in [0.717, 1.165) is 6.07 Å². The maximum atomic E-state index is 13.3. The van der Waals surface area contributed by atoms with Gasteiger partial charge in [-0.15, -0.1) is 0 Å². The van der Waals surface area contributed by atoms with Crippen LogP contribution in [0.15, 0.2) is 24.3 Å². The SMILES string of the molecule is COc1ccc(F)cc1C(=O)c1cc(C)nnc1C. The van der Waals surface area contributed by atoms with Crippen molar-refractivity contribution in [1.82, 2.24) is 10.2 Å². The molecule has 0 bridgehead atoms. The standard InChI is InChI=1S/C14H13FN2O2/c1-8-6-11(9(2)17-16-8)14(18)12-7-10(15)4-5-13(12)19-3/h4-7H,1-3H3. The van der Waals surface area contributed by atoms with Crippen LogP contribution in [0.4, 0.5) is 4.39 Å². The number of carbonyl (C=O) groups is 1. The Balaban J connectivity index is 2.55. The normalized spacial score (nSPS) is 10.3. The molecule has 1 aromatic heterocycles. The van der Waals surface area contributed by atoms with Crippen molar-refractivity contribution in [3.63, 3.8) is 0 Å². The van der Waals surface area contributed by atoms with Gasteiger partial charge in [0, 0.05) is 5.56 Å². The lowest BCUT2D eigenvalue weighted by Crippen LogP contribution is -2.09. The number of carbonyl (C=O) groups excluding carboxylic acids is 1. The summed E-state index contributed by atoms with van der Waals surface area (Å²) in [5.74, 6) is -0.479. The van der Waals surface area contributed by atoms with Crippen molar-refractivity contribution in [1.29, 1.82) is 0 Å². The highest BCUT2D eigenvalue weighted by atomic mass is 19.1. The predicted octanol–water partition coefficient (Wildman–Crippen LogP) is 2.47. The van der Waals surface area contributed by atoms with Crippen LogP contribution in [0, 0.1) is 19.7 Å². The Hall–Kier alpha value is -2.30. The van der Waals surface area contributed by atoms with Gasteiger partial charge in [-0.2, -0.15) is 10.2 Å². The van der Waals surface area contributed by atoms with Crippen molar-refractivity contribution in [2.45, 2.75) is 13.8 Å². The lowest BCUT2D eigenvalue weighted by atomic mass is 10.0. The second-order valence-electron chi connectivity index (χ2n) is 4.16. The molecule has 1 heterocycles. The highest BCUT2D eigenvalue weighted by Gasteiger charge is 2.18. The smallest absolute Gasteiger partial charge is 0.198 e. The molecule has 0 aliphatic carbocycles. The molecule has 0 saturated carbocycles. The lowest BCUT2D eigenvalue weighted by molar-refractivity contribution is 0.103. The van der Waals surface area contributed by atoms with Crippen LogP contribution in [0.1, 0.15) is 27.3 Å². The number of ether oxygens (including phenoxy) is 1. The Morgan fingerprint density at radius 3 is 2.58 bits per heavy atom. The summed E-state index contributed by atoms with van der Waals surface area (Å²) in [6, 6.07) is 5.48. The zero-order chi connectivity index (χ0) is 14.0. The molecular weight excluding hydrogens is 247 g/mol. The Labute approximate surface area is 110 Å². The molecule has 5 heteroatoms. The first-order chi connectivity index (χ1) is 9.02. The van der Waals surface area contributed by atoms with E-state index in [9.17, 15) is 9.18 Å². The third-order valence-corrected chi connectivity index (χ3v) is 2.75. The molecule has 0 aliphatic heterocycles. The molecular formula is C14H13FN2O2. The van der Waals surface area contributed by atoms with Crippen LogP contribution in [0.2, 0.25) is 0 Å². The van der Waals surface area contributed by atoms with Gasteiger partial charge in [-0.05, 0) is 38.1 Å². The van der Waals surface area contributed by atoms with Crippen molar-refractivity contribution in [3.8, 4) is 5.75 Å². The Bertz CT molecular complexity index is 641. The van der Waals surface area contributed by atoms with Crippen LogP contribution < -0.4 is 4.74 Å². The van der Waals surface area contributed by atoms with E-state index in [-0.39, 0.29) is 11.3 Å². The first kappa shape index (κ1) is 13.1.